The van der Waals surface area contributed by atoms with E-state index in [4.69, 9.17) is 23.2 Å². The molecule has 5 heteroatoms. The van der Waals surface area contributed by atoms with Crippen LogP contribution in [0.2, 0.25) is 10.0 Å². The third-order valence-electron chi connectivity index (χ3n) is 3.91. The molecule has 0 fully saturated rings. The zero-order valence-corrected chi connectivity index (χ0v) is 14.5. The fraction of sp³-hybridized carbons (Fsp3) is 0.333. The molecule has 0 saturated carbocycles. The van der Waals surface area contributed by atoms with Crippen LogP contribution in [0.15, 0.2) is 48.5 Å². The van der Waals surface area contributed by atoms with Gasteiger partial charge in [-0.25, -0.2) is 0 Å². The molecule has 2 aromatic rings. The maximum absolute atomic E-state index is 10.9. The molecule has 124 valence electrons. The van der Waals surface area contributed by atoms with Gasteiger partial charge < -0.3 is 10.2 Å². The lowest BCUT2D eigenvalue weighted by atomic mass is 9.94. The molecule has 2 atom stereocenters. The van der Waals surface area contributed by atoms with Gasteiger partial charge in [-0.3, -0.25) is 4.90 Å². The Hall–Kier alpha value is -1.10. The molecule has 0 saturated heterocycles. The second-order valence-corrected chi connectivity index (χ2v) is 6.22. The second kappa shape index (κ2) is 8.67. The van der Waals surface area contributed by atoms with Crippen LogP contribution in [-0.2, 0) is 0 Å². The number of halogens is 2. The summed E-state index contributed by atoms with van der Waals surface area (Å²) in [6, 6.07) is 14.3. The normalized spacial score (nSPS) is 14.0. The first-order valence-corrected chi connectivity index (χ1v) is 8.36. The topological polar surface area (TPSA) is 43.7 Å². The van der Waals surface area contributed by atoms with Crippen LogP contribution in [0.1, 0.15) is 30.2 Å². The summed E-state index contributed by atoms with van der Waals surface area (Å²) in [7, 11) is 0. The lowest BCUT2D eigenvalue weighted by Gasteiger charge is -2.34. The number of likely N-dealkylation sites (N-methyl/N-ethyl adjacent to an activating group) is 1. The van der Waals surface area contributed by atoms with Crippen LogP contribution in [-0.4, -0.2) is 34.8 Å². The number of hydrogen-bond donors (Lipinski definition) is 2. The van der Waals surface area contributed by atoms with Crippen LogP contribution < -0.4 is 0 Å². The van der Waals surface area contributed by atoms with Gasteiger partial charge in [0.1, 0.15) is 0 Å². The van der Waals surface area contributed by atoms with Crippen molar-refractivity contribution in [3.8, 4) is 0 Å². The van der Waals surface area contributed by atoms with Crippen LogP contribution in [0.25, 0.3) is 0 Å². The molecule has 0 heterocycles. The highest BCUT2D eigenvalue weighted by Gasteiger charge is 2.27. The van der Waals surface area contributed by atoms with Crippen molar-refractivity contribution in [3.63, 3.8) is 0 Å². The van der Waals surface area contributed by atoms with Crippen molar-refractivity contribution in [1.29, 1.82) is 0 Å². The quantitative estimate of drug-likeness (QED) is 0.787. The summed E-state index contributed by atoms with van der Waals surface area (Å²) >= 11 is 11.9. The molecule has 2 N–H and O–H groups in total. The Labute approximate surface area is 147 Å². The summed E-state index contributed by atoms with van der Waals surface area (Å²) in [6.07, 6.45) is -0.736. The minimum Gasteiger partial charge on any atom is -0.395 e. The van der Waals surface area contributed by atoms with Gasteiger partial charge in [-0.2, -0.15) is 0 Å². The molecule has 3 nitrogen and oxygen atoms in total. The number of rotatable bonds is 7. The van der Waals surface area contributed by atoms with E-state index in [2.05, 4.69) is 0 Å². The summed E-state index contributed by atoms with van der Waals surface area (Å²) in [5.74, 6) is 0. The second-order valence-electron chi connectivity index (χ2n) is 5.34. The van der Waals surface area contributed by atoms with E-state index in [1.807, 2.05) is 48.2 Å². The molecular formula is C18H21Cl2NO2. The molecule has 23 heavy (non-hydrogen) atoms. The molecular weight excluding hydrogens is 333 g/mol. The summed E-state index contributed by atoms with van der Waals surface area (Å²) in [5.41, 5.74) is 1.73. The van der Waals surface area contributed by atoms with Gasteiger partial charge in [0, 0.05) is 16.6 Å². The van der Waals surface area contributed by atoms with Crippen molar-refractivity contribution < 1.29 is 10.2 Å². The predicted molar refractivity (Wildman–Crippen MR) is 94.9 cm³/mol. The van der Waals surface area contributed by atoms with Crippen molar-refractivity contribution in [1.82, 2.24) is 4.90 Å². The summed E-state index contributed by atoms with van der Waals surface area (Å²) in [5, 5.41) is 21.5. The molecule has 0 unspecified atom stereocenters. The number of benzene rings is 2. The monoisotopic (exact) mass is 353 g/mol. The van der Waals surface area contributed by atoms with E-state index in [0.717, 1.165) is 11.1 Å². The molecule has 0 aromatic heterocycles. The zero-order chi connectivity index (χ0) is 16.8. The number of nitrogens with zero attached hydrogens (tertiary/aromatic N) is 1. The van der Waals surface area contributed by atoms with Gasteiger partial charge in [-0.05, 0) is 41.9 Å². The molecule has 2 rings (SSSR count). The fourth-order valence-corrected chi connectivity index (χ4v) is 2.97. The summed E-state index contributed by atoms with van der Waals surface area (Å²) in [4.78, 5) is 2.04. The minimum absolute atomic E-state index is 0.0330. The van der Waals surface area contributed by atoms with Crippen molar-refractivity contribution in [2.24, 2.45) is 0 Å². The molecule has 0 radical (unpaired) electrons. The van der Waals surface area contributed by atoms with E-state index >= 15 is 0 Å². The minimum atomic E-state index is -0.736. The fourth-order valence-electron chi connectivity index (χ4n) is 2.72. The van der Waals surface area contributed by atoms with Gasteiger partial charge in [0.15, 0.2) is 0 Å². The standard InChI is InChI=1S/C18H21Cl2NO2/c1-2-21(11-12-22)17(13-3-7-15(19)8-4-13)18(23)14-5-9-16(20)10-6-14/h3-10,17-18,22-23H,2,11-12H2,1H3/t17-,18-/m1/s1. The molecule has 0 bridgehead atoms. The van der Waals surface area contributed by atoms with Crippen molar-refractivity contribution in [2.45, 2.75) is 19.1 Å². The highest BCUT2D eigenvalue weighted by atomic mass is 35.5. The maximum atomic E-state index is 10.9. The van der Waals surface area contributed by atoms with Crippen molar-refractivity contribution in [2.75, 3.05) is 19.7 Å². The van der Waals surface area contributed by atoms with E-state index in [1.165, 1.54) is 0 Å². The Morgan fingerprint density at radius 1 is 0.913 bits per heavy atom. The molecule has 2 aromatic carbocycles. The van der Waals surface area contributed by atoms with Gasteiger partial charge in [0.2, 0.25) is 0 Å². The van der Waals surface area contributed by atoms with Gasteiger partial charge in [0.25, 0.3) is 0 Å². The maximum Gasteiger partial charge on any atom is 0.0986 e. The number of aliphatic hydroxyl groups is 2. The van der Waals surface area contributed by atoms with E-state index in [-0.39, 0.29) is 12.6 Å². The Morgan fingerprint density at radius 2 is 1.39 bits per heavy atom. The summed E-state index contributed by atoms with van der Waals surface area (Å²) in [6.45, 7) is 3.23. The van der Waals surface area contributed by atoms with Crippen LogP contribution in [0.4, 0.5) is 0 Å². The molecule has 0 amide bonds. The predicted octanol–water partition coefficient (Wildman–Crippen LogP) is 4.08. The Bertz CT molecular complexity index is 601. The Kier molecular flexibility index (Phi) is 6.88. The van der Waals surface area contributed by atoms with Gasteiger partial charge in [-0.15, -0.1) is 0 Å². The van der Waals surface area contributed by atoms with E-state index < -0.39 is 6.10 Å². The third-order valence-corrected chi connectivity index (χ3v) is 4.41. The summed E-state index contributed by atoms with van der Waals surface area (Å²) < 4.78 is 0. The smallest absolute Gasteiger partial charge is 0.0986 e. The largest absolute Gasteiger partial charge is 0.395 e. The average molecular weight is 354 g/mol. The lowest BCUT2D eigenvalue weighted by Crippen LogP contribution is -2.35. The molecule has 0 aliphatic rings. The average Bonchev–Trinajstić information content (AvgIpc) is 2.56. The molecule has 0 aliphatic heterocycles. The number of hydrogen-bond acceptors (Lipinski definition) is 3. The van der Waals surface area contributed by atoms with Crippen LogP contribution in [0.5, 0.6) is 0 Å². The Balaban J connectivity index is 2.38. The van der Waals surface area contributed by atoms with E-state index in [0.29, 0.717) is 23.1 Å². The van der Waals surface area contributed by atoms with Gasteiger partial charge in [-0.1, -0.05) is 54.4 Å². The highest BCUT2D eigenvalue weighted by molar-refractivity contribution is 6.30. The highest BCUT2D eigenvalue weighted by Crippen LogP contribution is 2.34. The van der Waals surface area contributed by atoms with E-state index in [9.17, 15) is 10.2 Å². The SMILES string of the molecule is CCN(CCO)[C@H](c1ccc(Cl)cc1)[C@H](O)c1ccc(Cl)cc1. The van der Waals surface area contributed by atoms with Crippen LogP contribution in [0.3, 0.4) is 0 Å². The zero-order valence-electron chi connectivity index (χ0n) is 13.0. The van der Waals surface area contributed by atoms with Gasteiger partial charge in [0.05, 0.1) is 18.8 Å². The van der Waals surface area contributed by atoms with Gasteiger partial charge >= 0.3 is 0 Å². The van der Waals surface area contributed by atoms with Crippen molar-refractivity contribution in [3.05, 3.63) is 69.7 Å². The first-order valence-electron chi connectivity index (χ1n) is 7.60. The van der Waals surface area contributed by atoms with E-state index in [1.54, 1.807) is 12.1 Å². The number of aliphatic hydroxyl groups excluding tert-OH is 2. The molecule has 0 spiro atoms. The molecule has 0 aliphatic carbocycles. The van der Waals surface area contributed by atoms with Crippen LogP contribution in [0, 0.1) is 0 Å². The third kappa shape index (κ3) is 4.69. The van der Waals surface area contributed by atoms with Crippen LogP contribution >= 0.6 is 23.2 Å². The lowest BCUT2D eigenvalue weighted by molar-refractivity contribution is 0.0404. The Morgan fingerprint density at radius 3 is 1.83 bits per heavy atom. The first kappa shape index (κ1) is 18.2. The van der Waals surface area contributed by atoms with Crippen molar-refractivity contribution >= 4 is 23.2 Å². The first-order chi connectivity index (χ1) is 11.1.